The van der Waals surface area contributed by atoms with Crippen molar-refractivity contribution in [2.75, 3.05) is 0 Å². The van der Waals surface area contributed by atoms with Crippen LogP contribution < -0.4 is 22.9 Å². The Labute approximate surface area is 69.3 Å². The molecule has 64 valence electrons. The van der Waals surface area contributed by atoms with E-state index in [-0.39, 0.29) is 11.9 Å². The molecule has 11 N–H and O–H groups in total. The molecular weight excluding hydrogens is 166 g/mol. The lowest BCUT2D eigenvalue weighted by molar-refractivity contribution is 1.38. The Kier molecular flexibility index (Phi) is 23.2. The van der Waals surface area contributed by atoms with Gasteiger partial charge in [-0.1, -0.05) is 0 Å². The van der Waals surface area contributed by atoms with Gasteiger partial charge in [-0.15, -0.1) is 0 Å². The number of hydrogen-bond donors (Lipinski definition) is 7. The summed E-state index contributed by atoms with van der Waals surface area (Å²) >= 11 is 3.81. The molecule has 0 aromatic carbocycles. The van der Waals surface area contributed by atoms with Crippen LogP contribution in [0.3, 0.4) is 0 Å². The molecule has 0 bridgehead atoms. The summed E-state index contributed by atoms with van der Waals surface area (Å²) in [4.78, 5) is 0. The molecule has 0 aliphatic rings. The molecule has 0 heterocycles. The summed E-state index contributed by atoms with van der Waals surface area (Å²) in [5.74, 6) is -0.667. The number of rotatable bonds is 0. The van der Waals surface area contributed by atoms with Gasteiger partial charge < -0.3 is 22.9 Å². The van der Waals surface area contributed by atoms with Crippen LogP contribution in [-0.4, -0.2) is 17.1 Å². The predicted molar refractivity (Wildman–Crippen MR) is 47.5 cm³/mol. The fourth-order valence-corrected chi connectivity index (χ4v) is 0. The van der Waals surface area contributed by atoms with Crippen molar-refractivity contribution in [3.05, 3.63) is 0 Å². The average Bonchev–Trinajstić information content (AvgIpc) is 1.60. The van der Waals surface area contributed by atoms with E-state index in [1.807, 2.05) is 0 Å². The Balaban J connectivity index is -0.0000000886. The summed E-state index contributed by atoms with van der Waals surface area (Å²) in [6, 6.07) is 0. The van der Waals surface area contributed by atoms with Gasteiger partial charge in [-0.3, -0.25) is 10.8 Å². The lowest BCUT2D eigenvalue weighted by Gasteiger charge is -1.69. The lowest BCUT2D eigenvalue weighted by Crippen LogP contribution is -2.20. The molecule has 7 nitrogen and oxygen atoms in total. The first-order chi connectivity index (χ1) is 4.88. The molecular formula is C3H11N7S. The van der Waals surface area contributed by atoms with Crippen molar-refractivity contribution < 1.29 is 0 Å². The van der Waals surface area contributed by atoms with Gasteiger partial charge in [0.1, 0.15) is 0 Å². The van der Waals surface area contributed by atoms with Crippen LogP contribution in [0, 0.1) is 16.2 Å². The third-order valence-electron chi connectivity index (χ3n) is 0. The van der Waals surface area contributed by atoms with Crippen molar-refractivity contribution in [2.24, 2.45) is 22.9 Å². The highest BCUT2D eigenvalue weighted by Gasteiger charge is 1.52. The molecule has 0 aromatic rings. The minimum Gasteiger partial charge on any atom is -0.370 e. The molecule has 0 aliphatic heterocycles. The van der Waals surface area contributed by atoms with Gasteiger partial charge in [0.25, 0.3) is 0 Å². The highest BCUT2D eigenvalue weighted by atomic mass is 32.1. The molecule has 0 aromatic heterocycles. The van der Waals surface area contributed by atoms with Gasteiger partial charge in [-0.25, -0.2) is 5.41 Å². The minimum absolute atomic E-state index is 0.333. The van der Waals surface area contributed by atoms with E-state index in [0.29, 0.717) is 0 Å². The zero-order chi connectivity index (χ0) is 9.86. The normalized spacial score (nSPS) is 5.09. The fourth-order valence-electron chi connectivity index (χ4n) is 0. The summed E-state index contributed by atoms with van der Waals surface area (Å²) in [7, 11) is 0. The highest BCUT2D eigenvalue weighted by molar-refractivity contribution is 7.78. The standard InChI is InChI=1S/2CH5N3.CHNS/c2*2-1(3)4;2-1-3/h2*(H5,2,3,4);2H. The number of hydrogen-bond acceptors (Lipinski definition) is 4. The maximum absolute atomic E-state index is 6.06. The Hall–Kier alpha value is -1.66. The van der Waals surface area contributed by atoms with Gasteiger partial charge in [0.05, 0.1) is 5.16 Å². The maximum Gasteiger partial charge on any atom is 0.183 e. The van der Waals surface area contributed by atoms with Crippen molar-refractivity contribution >= 4 is 29.3 Å². The molecule has 0 radical (unpaired) electrons. The monoisotopic (exact) mass is 177 g/mol. The van der Waals surface area contributed by atoms with Crippen molar-refractivity contribution in [1.29, 1.82) is 16.2 Å². The van der Waals surface area contributed by atoms with E-state index in [9.17, 15) is 0 Å². The topological polar surface area (TPSA) is 176 Å². The van der Waals surface area contributed by atoms with Gasteiger partial charge in [0.15, 0.2) is 11.9 Å². The Bertz CT molecular complexity index is 126. The van der Waals surface area contributed by atoms with Crippen LogP contribution in [-0.2, 0) is 0 Å². The van der Waals surface area contributed by atoms with E-state index in [2.05, 4.69) is 35.2 Å². The van der Waals surface area contributed by atoms with Gasteiger partial charge in [0.2, 0.25) is 0 Å². The quantitative estimate of drug-likeness (QED) is 0.133. The summed E-state index contributed by atoms with van der Waals surface area (Å²) < 4.78 is 0. The fraction of sp³-hybridized carbons (Fsp3) is 0. The first-order valence-corrected chi connectivity index (χ1v) is 2.52. The number of nitrogens with one attached hydrogen (secondary N) is 3. The molecule has 0 fully saturated rings. The number of isothiocyanates is 1. The van der Waals surface area contributed by atoms with Gasteiger partial charge in [-0.05, 0) is 12.2 Å². The smallest absolute Gasteiger partial charge is 0.183 e. The van der Waals surface area contributed by atoms with Crippen molar-refractivity contribution in [1.82, 2.24) is 0 Å². The van der Waals surface area contributed by atoms with Crippen LogP contribution in [0.25, 0.3) is 0 Å². The van der Waals surface area contributed by atoms with Gasteiger partial charge in [0, 0.05) is 0 Å². The van der Waals surface area contributed by atoms with E-state index in [0.717, 1.165) is 0 Å². The van der Waals surface area contributed by atoms with Crippen molar-refractivity contribution in [3.63, 3.8) is 0 Å². The number of guanidine groups is 2. The summed E-state index contributed by atoms with van der Waals surface area (Å²) in [5.41, 5.74) is 17.9. The van der Waals surface area contributed by atoms with E-state index in [4.69, 9.17) is 16.2 Å². The van der Waals surface area contributed by atoms with Crippen LogP contribution in [0.4, 0.5) is 0 Å². The van der Waals surface area contributed by atoms with Crippen molar-refractivity contribution in [3.8, 4) is 0 Å². The van der Waals surface area contributed by atoms with Crippen molar-refractivity contribution in [2.45, 2.75) is 0 Å². The first-order valence-electron chi connectivity index (χ1n) is 2.11. The van der Waals surface area contributed by atoms with Gasteiger partial charge in [-0.2, -0.15) is 0 Å². The summed E-state index contributed by atoms with van der Waals surface area (Å²) in [5, 5.41) is 19.5. The molecule has 0 aliphatic carbocycles. The van der Waals surface area contributed by atoms with Crippen LogP contribution in [0.2, 0.25) is 0 Å². The molecule has 0 unspecified atom stereocenters. The Morgan fingerprint density at radius 2 is 1.00 bits per heavy atom. The second kappa shape index (κ2) is 15.8. The summed E-state index contributed by atoms with van der Waals surface area (Å²) in [6.45, 7) is 0. The van der Waals surface area contributed by atoms with E-state index >= 15 is 0 Å². The second-order valence-electron chi connectivity index (χ2n) is 1.01. The zero-order valence-corrected chi connectivity index (χ0v) is 6.53. The van der Waals surface area contributed by atoms with E-state index in [1.165, 1.54) is 0 Å². The van der Waals surface area contributed by atoms with E-state index < -0.39 is 0 Å². The molecule has 0 amide bonds. The third kappa shape index (κ3) is 122. The Morgan fingerprint density at radius 3 is 1.00 bits per heavy atom. The lowest BCUT2D eigenvalue weighted by atomic mass is 11.1. The molecule has 0 rings (SSSR count). The maximum atomic E-state index is 6.06. The van der Waals surface area contributed by atoms with Crippen LogP contribution >= 0.6 is 12.2 Å². The molecule has 0 saturated carbocycles. The number of nitrogens with two attached hydrogens (primary N) is 4. The molecule has 0 spiro atoms. The highest BCUT2D eigenvalue weighted by Crippen LogP contribution is 1.16. The SMILES string of the molecule is N=C(N)N.N=C(N)N.N=C=S. The molecule has 0 saturated heterocycles. The largest absolute Gasteiger partial charge is 0.370 e. The van der Waals surface area contributed by atoms with Gasteiger partial charge >= 0.3 is 0 Å². The average molecular weight is 177 g/mol. The minimum atomic E-state index is -0.333. The summed E-state index contributed by atoms with van der Waals surface area (Å²) in [6.07, 6.45) is 0. The Morgan fingerprint density at radius 1 is 1.00 bits per heavy atom. The first kappa shape index (κ1) is 16.2. The van der Waals surface area contributed by atoms with E-state index in [1.54, 1.807) is 5.16 Å². The van der Waals surface area contributed by atoms with Crippen LogP contribution in [0.15, 0.2) is 0 Å². The number of thiocarbonyl (C=S) groups is 1. The van der Waals surface area contributed by atoms with Crippen LogP contribution in [0.5, 0.6) is 0 Å². The second-order valence-corrected chi connectivity index (χ2v) is 1.22. The molecule has 8 heteroatoms. The van der Waals surface area contributed by atoms with Crippen LogP contribution in [0.1, 0.15) is 0 Å². The molecule has 11 heavy (non-hydrogen) atoms. The zero-order valence-electron chi connectivity index (χ0n) is 5.72. The third-order valence-corrected chi connectivity index (χ3v) is 0. The predicted octanol–water partition coefficient (Wildman–Crippen LogP) is -1.65. The molecule has 0 atom stereocenters.